The van der Waals surface area contributed by atoms with Gasteiger partial charge < -0.3 is 14.4 Å². The average molecular weight is 444 g/mol. The molecule has 0 bridgehead atoms. The van der Waals surface area contributed by atoms with Gasteiger partial charge in [0, 0.05) is 43.2 Å². The van der Waals surface area contributed by atoms with Gasteiger partial charge in [0.2, 0.25) is 0 Å². The molecule has 2 aliphatic heterocycles. The molecule has 3 aromatic rings. The summed E-state index contributed by atoms with van der Waals surface area (Å²) in [5.74, 6) is 1.49. The van der Waals surface area contributed by atoms with E-state index in [2.05, 4.69) is 9.80 Å². The first-order chi connectivity index (χ1) is 14.7. The summed E-state index contributed by atoms with van der Waals surface area (Å²) in [5.41, 5.74) is 1.61. The number of Topliss-reactive ketones (excluding diaryl/α,β-unsaturated/α-hetero) is 1. The molecule has 2 aromatic carbocycles. The molecule has 0 spiro atoms. The van der Waals surface area contributed by atoms with Gasteiger partial charge in [0.1, 0.15) is 0 Å². The Morgan fingerprint density at radius 3 is 2.67 bits per heavy atom. The van der Waals surface area contributed by atoms with Crippen LogP contribution in [0.15, 0.2) is 36.4 Å². The molecule has 1 saturated heterocycles. The summed E-state index contributed by atoms with van der Waals surface area (Å²) < 4.78 is 12.5. The fourth-order valence-electron chi connectivity index (χ4n) is 3.75. The lowest BCUT2D eigenvalue weighted by atomic mass is 10.1. The highest BCUT2D eigenvalue weighted by Crippen LogP contribution is 2.32. The molecule has 0 aliphatic carbocycles. The molecule has 30 heavy (non-hydrogen) atoms. The number of carbonyl (C=O) groups excluding carboxylic acids is 1. The number of aromatic nitrogens is 1. The second kappa shape index (κ2) is 8.41. The zero-order chi connectivity index (χ0) is 20.5. The van der Waals surface area contributed by atoms with Crippen molar-refractivity contribution in [3.05, 3.63) is 47.0 Å². The van der Waals surface area contributed by atoms with E-state index in [0.29, 0.717) is 36.1 Å². The third kappa shape index (κ3) is 4.10. The predicted molar refractivity (Wildman–Crippen MR) is 120 cm³/mol. The normalized spacial score (nSPS) is 17.2. The lowest BCUT2D eigenvalue weighted by molar-refractivity contribution is 0.0926. The summed E-state index contributed by atoms with van der Waals surface area (Å²) in [7, 11) is 0. The molecule has 0 N–H and O–H groups in total. The highest BCUT2D eigenvalue weighted by atomic mass is 35.5. The number of ether oxygens (including phenoxy) is 2. The minimum Gasteiger partial charge on any atom is -0.490 e. The maximum Gasteiger partial charge on any atom is 0.186 e. The van der Waals surface area contributed by atoms with Crippen molar-refractivity contribution in [3.8, 4) is 11.5 Å². The van der Waals surface area contributed by atoms with Crippen molar-refractivity contribution in [2.24, 2.45) is 0 Å². The molecule has 1 fully saturated rings. The van der Waals surface area contributed by atoms with Crippen LogP contribution in [0, 0.1) is 0 Å². The summed E-state index contributed by atoms with van der Waals surface area (Å²) in [6, 6.07) is 11.3. The van der Waals surface area contributed by atoms with Crippen molar-refractivity contribution in [2.45, 2.75) is 6.42 Å². The van der Waals surface area contributed by atoms with Crippen LogP contribution in [-0.4, -0.2) is 61.6 Å². The molecular formula is C22H22ClN3O3S. The first-order valence-corrected chi connectivity index (χ1v) is 11.3. The van der Waals surface area contributed by atoms with Gasteiger partial charge in [-0.1, -0.05) is 22.9 Å². The summed E-state index contributed by atoms with van der Waals surface area (Å²) in [4.78, 5) is 22.0. The monoisotopic (exact) mass is 443 g/mol. The van der Waals surface area contributed by atoms with Crippen LogP contribution in [0.5, 0.6) is 11.5 Å². The van der Waals surface area contributed by atoms with Gasteiger partial charge in [-0.3, -0.25) is 9.69 Å². The second-order valence-electron chi connectivity index (χ2n) is 7.51. The number of hydrogen-bond acceptors (Lipinski definition) is 7. The van der Waals surface area contributed by atoms with Crippen molar-refractivity contribution in [2.75, 3.05) is 50.8 Å². The van der Waals surface area contributed by atoms with Crippen LogP contribution < -0.4 is 14.4 Å². The Kier molecular flexibility index (Phi) is 5.50. The van der Waals surface area contributed by atoms with Gasteiger partial charge in [-0.05, 0) is 36.4 Å². The van der Waals surface area contributed by atoms with Gasteiger partial charge in [-0.15, -0.1) is 0 Å². The Morgan fingerprint density at radius 1 is 1.03 bits per heavy atom. The molecule has 0 saturated carbocycles. The first kappa shape index (κ1) is 19.6. The Hall–Kier alpha value is -2.35. The van der Waals surface area contributed by atoms with Crippen LogP contribution in [0.25, 0.3) is 10.2 Å². The zero-order valence-electron chi connectivity index (χ0n) is 16.5. The molecular weight excluding hydrogens is 422 g/mol. The smallest absolute Gasteiger partial charge is 0.186 e. The topological polar surface area (TPSA) is 54.9 Å². The predicted octanol–water partition coefficient (Wildman–Crippen LogP) is 4.12. The molecule has 156 valence electrons. The number of piperazine rings is 1. The highest BCUT2D eigenvalue weighted by molar-refractivity contribution is 7.22. The fraction of sp³-hybridized carbons (Fsp3) is 0.364. The van der Waals surface area contributed by atoms with E-state index in [1.54, 1.807) is 11.3 Å². The third-order valence-electron chi connectivity index (χ3n) is 5.42. The van der Waals surface area contributed by atoms with Crippen LogP contribution >= 0.6 is 22.9 Å². The average Bonchev–Trinajstić information content (AvgIpc) is 3.03. The highest BCUT2D eigenvalue weighted by Gasteiger charge is 2.22. The van der Waals surface area contributed by atoms with Gasteiger partial charge in [0.15, 0.2) is 22.4 Å². The number of rotatable bonds is 4. The lowest BCUT2D eigenvalue weighted by Crippen LogP contribution is -2.48. The molecule has 8 heteroatoms. The van der Waals surface area contributed by atoms with Crippen LogP contribution in [0.1, 0.15) is 16.8 Å². The van der Waals surface area contributed by atoms with Crippen molar-refractivity contribution in [1.29, 1.82) is 0 Å². The molecule has 0 atom stereocenters. The molecule has 2 aliphatic rings. The van der Waals surface area contributed by atoms with Crippen molar-refractivity contribution in [3.63, 3.8) is 0 Å². The minimum atomic E-state index is 0.105. The maximum atomic E-state index is 12.8. The molecule has 6 nitrogen and oxygen atoms in total. The summed E-state index contributed by atoms with van der Waals surface area (Å²) >= 11 is 7.76. The van der Waals surface area contributed by atoms with E-state index in [9.17, 15) is 4.79 Å². The molecule has 0 amide bonds. The molecule has 3 heterocycles. The van der Waals surface area contributed by atoms with E-state index < -0.39 is 0 Å². The summed E-state index contributed by atoms with van der Waals surface area (Å²) in [6.07, 6.45) is 0.851. The Balaban J connectivity index is 1.20. The van der Waals surface area contributed by atoms with Crippen LogP contribution in [-0.2, 0) is 0 Å². The Labute approximate surface area is 184 Å². The number of benzene rings is 2. The quantitative estimate of drug-likeness (QED) is 0.565. The SMILES string of the molecule is O=C(CN1CCN(c2nc3cc(Cl)ccc3s2)CC1)c1ccc2c(c1)OCCCO2. The summed E-state index contributed by atoms with van der Waals surface area (Å²) in [6.45, 7) is 5.02. The van der Waals surface area contributed by atoms with Crippen molar-refractivity contribution >= 4 is 44.1 Å². The van der Waals surface area contributed by atoms with E-state index in [0.717, 1.165) is 53.7 Å². The Bertz CT molecular complexity index is 1080. The standard InChI is InChI=1S/C22H22ClN3O3S/c23-16-3-5-21-17(13-16)24-22(30-21)26-8-6-25(7-9-26)14-18(27)15-2-4-19-20(12-15)29-11-1-10-28-19/h2-5,12-13H,1,6-11,14H2. The van der Waals surface area contributed by atoms with E-state index in [-0.39, 0.29) is 5.78 Å². The van der Waals surface area contributed by atoms with Crippen LogP contribution in [0.4, 0.5) is 5.13 Å². The van der Waals surface area contributed by atoms with Crippen molar-refractivity contribution < 1.29 is 14.3 Å². The lowest BCUT2D eigenvalue weighted by Gasteiger charge is -2.34. The number of hydrogen-bond donors (Lipinski definition) is 0. The largest absolute Gasteiger partial charge is 0.490 e. The van der Waals surface area contributed by atoms with Gasteiger partial charge in [0.25, 0.3) is 0 Å². The number of thiazole rings is 1. The fourth-order valence-corrected chi connectivity index (χ4v) is 4.92. The van der Waals surface area contributed by atoms with E-state index in [1.807, 2.05) is 36.4 Å². The first-order valence-electron chi connectivity index (χ1n) is 10.1. The number of anilines is 1. The van der Waals surface area contributed by atoms with Crippen molar-refractivity contribution in [1.82, 2.24) is 9.88 Å². The van der Waals surface area contributed by atoms with Gasteiger partial charge in [0.05, 0.1) is 30.0 Å². The maximum absolute atomic E-state index is 12.8. The molecule has 5 rings (SSSR count). The van der Waals surface area contributed by atoms with E-state index in [4.69, 9.17) is 26.1 Å². The zero-order valence-corrected chi connectivity index (χ0v) is 18.0. The van der Waals surface area contributed by atoms with Gasteiger partial charge >= 0.3 is 0 Å². The van der Waals surface area contributed by atoms with E-state index in [1.165, 1.54) is 0 Å². The van der Waals surface area contributed by atoms with Crippen LogP contribution in [0.3, 0.4) is 0 Å². The number of carbonyl (C=O) groups is 1. The molecule has 0 unspecified atom stereocenters. The number of ketones is 1. The minimum absolute atomic E-state index is 0.105. The van der Waals surface area contributed by atoms with Gasteiger partial charge in [-0.25, -0.2) is 4.98 Å². The molecule has 0 radical (unpaired) electrons. The van der Waals surface area contributed by atoms with E-state index >= 15 is 0 Å². The van der Waals surface area contributed by atoms with Gasteiger partial charge in [-0.2, -0.15) is 0 Å². The van der Waals surface area contributed by atoms with Crippen LogP contribution in [0.2, 0.25) is 5.02 Å². The second-order valence-corrected chi connectivity index (χ2v) is 8.95. The number of fused-ring (bicyclic) bond motifs is 2. The number of halogens is 1. The third-order valence-corrected chi connectivity index (χ3v) is 6.75. The Morgan fingerprint density at radius 2 is 1.83 bits per heavy atom. The number of nitrogens with zero attached hydrogens (tertiary/aromatic N) is 3. The summed E-state index contributed by atoms with van der Waals surface area (Å²) in [5, 5.41) is 1.72. The molecule has 1 aromatic heterocycles.